The summed E-state index contributed by atoms with van der Waals surface area (Å²) in [4.78, 5) is 12.3. The maximum absolute atomic E-state index is 13.7. The summed E-state index contributed by atoms with van der Waals surface area (Å²) in [5, 5.41) is 9.63. The highest BCUT2D eigenvalue weighted by Gasteiger charge is 2.19. The van der Waals surface area contributed by atoms with Crippen LogP contribution in [0.15, 0.2) is 36.5 Å². The monoisotopic (exact) mass is 316 g/mol. The van der Waals surface area contributed by atoms with Crippen LogP contribution < -0.4 is 5.32 Å². The highest BCUT2D eigenvalue weighted by molar-refractivity contribution is 6.06. The molecule has 118 valence electrons. The maximum Gasteiger partial charge on any atom is 0.258 e. The van der Waals surface area contributed by atoms with Crippen LogP contribution in [-0.4, -0.2) is 20.7 Å². The number of carbonyl (C=O) groups excluding carboxylic acids is 1. The molecule has 23 heavy (non-hydrogen) atoms. The van der Waals surface area contributed by atoms with Crippen LogP contribution in [0.25, 0.3) is 11.4 Å². The molecule has 2 N–H and O–H groups in total. The molecule has 3 rings (SSSR count). The lowest BCUT2D eigenvalue weighted by Crippen LogP contribution is -2.15. The zero-order valence-corrected chi connectivity index (χ0v) is 12.5. The molecule has 0 spiro atoms. The number of hydrogen-bond acceptors (Lipinski definition) is 2. The van der Waals surface area contributed by atoms with Crippen LogP contribution in [0.2, 0.25) is 0 Å². The number of benzene rings is 1. The van der Waals surface area contributed by atoms with Crippen molar-refractivity contribution in [2.45, 2.75) is 6.92 Å². The van der Waals surface area contributed by atoms with Gasteiger partial charge in [0, 0.05) is 19.3 Å². The second-order valence-corrected chi connectivity index (χ2v) is 5.15. The number of aryl methyl sites for hydroxylation is 2. The molecule has 0 saturated heterocycles. The number of amides is 1. The van der Waals surface area contributed by atoms with Crippen molar-refractivity contribution in [2.75, 3.05) is 5.32 Å². The molecule has 7 heteroatoms. The summed E-state index contributed by atoms with van der Waals surface area (Å²) in [5.41, 5.74) is 2.21. The summed E-state index contributed by atoms with van der Waals surface area (Å²) < 4.78 is 28.5. The zero-order chi connectivity index (χ0) is 16.6. The van der Waals surface area contributed by atoms with E-state index >= 15 is 0 Å². The minimum atomic E-state index is -0.913. The van der Waals surface area contributed by atoms with E-state index in [2.05, 4.69) is 15.5 Å². The first-order valence-electron chi connectivity index (χ1n) is 6.90. The molecule has 0 aliphatic rings. The second kappa shape index (κ2) is 5.68. The lowest BCUT2D eigenvalue weighted by Gasteiger charge is -2.08. The van der Waals surface area contributed by atoms with Crippen molar-refractivity contribution >= 4 is 11.6 Å². The summed E-state index contributed by atoms with van der Waals surface area (Å²) in [6, 6.07) is 6.53. The SMILES string of the molecule is Cc1[nH]nc(-c2cccn2C)c1NC(=O)c1ccc(F)cc1F. The van der Waals surface area contributed by atoms with Gasteiger partial charge in [0.05, 0.1) is 22.6 Å². The third-order valence-corrected chi connectivity index (χ3v) is 3.55. The van der Waals surface area contributed by atoms with Gasteiger partial charge >= 0.3 is 0 Å². The van der Waals surface area contributed by atoms with Crippen molar-refractivity contribution in [1.29, 1.82) is 0 Å². The Bertz CT molecular complexity index is 882. The highest BCUT2D eigenvalue weighted by Crippen LogP contribution is 2.29. The Balaban J connectivity index is 1.96. The van der Waals surface area contributed by atoms with Crippen molar-refractivity contribution in [3.8, 4) is 11.4 Å². The number of aromatic amines is 1. The predicted molar refractivity (Wildman–Crippen MR) is 82.0 cm³/mol. The molecule has 0 atom stereocenters. The van der Waals surface area contributed by atoms with Crippen molar-refractivity contribution in [2.24, 2.45) is 7.05 Å². The summed E-state index contributed by atoms with van der Waals surface area (Å²) >= 11 is 0. The average Bonchev–Trinajstić information content (AvgIpc) is 3.06. The van der Waals surface area contributed by atoms with Crippen LogP contribution in [0.3, 0.4) is 0 Å². The Morgan fingerprint density at radius 1 is 1.30 bits per heavy atom. The number of anilines is 1. The minimum Gasteiger partial charge on any atom is -0.349 e. The van der Waals surface area contributed by atoms with E-state index in [0.717, 1.165) is 17.8 Å². The quantitative estimate of drug-likeness (QED) is 0.779. The fourth-order valence-electron chi connectivity index (χ4n) is 2.33. The Morgan fingerprint density at radius 3 is 2.74 bits per heavy atom. The van der Waals surface area contributed by atoms with E-state index in [0.29, 0.717) is 23.1 Å². The number of nitrogens with zero attached hydrogens (tertiary/aromatic N) is 2. The van der Waals surface area contributed by atoms with Gasteiger partial charge in [-0.2, -0.15) is 5.10 Å². The molecular formula is C16H14F2N4O. The topological polar surface area (TPSA) is 62.7 Å². The van der Waals surface area contributed by atoms with Crippen LogP contribution >= 0.6 is 0 Å². The van der Waals surface area contributed by atoms with Crippen molar-refractivity contribution < 1.29 is 13.6 Å². The molecule has 2 heterocycles. The van der Waals surface area contributed by atoms with E-state index < -0.39 is 17.5 Å². The Hall–Kier alpha value is -2.96. The van der Waals surface area contributed by atoms with Crippen LogP contribution in [-0.2, 0) is 7.05 Å². The van der Waals surface area contributed by atoms with Gasteiger partial charge in [-0.25, -0.2) is 8.78 Å². The van der Waals surface area contributed by atoms with E-state index in [1.165, 1.54) is 0 Å². The average molecular weight is 316 g/mol. The van der Waals surface area contributed by atoms with Crippen molar-refractivity contribution in [3.05, 3.63) is 59.4 Å². The third-order valence-electron chi connectivity index (χ3n) is 3.55. The van der Waals surface area contributed by atoms with E-state index in [4.69, 9.17) is 0 Å². The number of aromatic nitrogens is 3. The van der Waals surface area contributed by atoms with Crippen LogP contribution in [0.1, 0.15) is 16.1 Å². The van der Waals surface area contributed by atoms with Gasteiger partial charge in [-0.1, -0.05) is 0 Å². The molecule has 1 amide bonds. The smallest absolute Gasteiger partial charge is 0.258 e. The molecule has 0 aliphatic heterocycles. The van der Waals surface area contributed by atoms with E-state index in [1.807, 2.05) is 29.9 Å². The van der Waals surface area contributed by atoms with Gasteiger partial charge in [0.2, 0.25) is 0 Å². The molecule has 0 bridgehead atoms. The third kappa shape index (κ3) is 2.73. The largest absolute Gasteiger partial charge is 0.349 e. The first-order chi connectivity index (χ1) is 11.0. The van der Waals surface area contributed by atoms with E-state index in [1.54, 1.807) is 6.92 Å². The van der Waals surface area contributed by atoms with E-state index in [-0.39, 0.29) is 5.56 Å². The number of nitrogens with one attached hydrogen (secondary N) is 2. The number of H-pyrrole nitrogens is 1. The molecule has 2 aromatic heterocycles. The molecular weight excluding hydrogens is 302 g/mol. The van der Waals surface area contributed by atoms with Crippen LogP contribution in [0, 0.1) is 18.6 Å². The number of halogens is 2. The van der Waals surface area contributed by atoms with Crippen LogP contribution in [0.4, 0.5) is 14.5 Å². The van der Waals surface area contributed by atoms with Gasteiger partial charge in [-0.3, -0.25) is 9.89 Å². The Kier molecular flexibility index (Phi) is 3.69. The lowest BCUT2D eigenvalue weighted by molar-refractivity contribution is 0.102. The van der Waals surface area contributed by atoms with Gasteiger partial charge in [0.25, 0.3) is 5.91 Å². The molecule has 0 fully saturated rings. The minimum absolute atomic E-state index is 0.232. The molecule has 0 radical (unpaired) electrons. The maximum atomic E-state index is 13.7. The van der Waals surface area contributed by atoms with Gasteiger partial charge in [-0.15, -0.1) is 0 Å². The van der Waals surface area contributed by atoms with Gasteiger partial charge in [0.1, 0.15) is 17.3 Å². The summed E-state index contributed by atoms with van der Waals surface area (Å²) in [7, 11) is 1.85. The van der Waals surface area contributed by atoms with E-state index in [9.17, 15) is 13.6 Å². The van der Waals surface area contributed by atoms with Gasteiger partial charge < -0.3 is 9.88 Å². The Morgan fingerprint density at radius 2 is 2.09 bits per heavy atom. The molecule has 1 aromatic carbocycles. The summed E-state index contributed by atoms with van der Waals surface area (Å²) in [6.45, 7) is 1.75. The number of rotatable bonds is 3. The molecule has 0 unspecified atom stereocenters. The molecule has 0 aliphatic carbocycles. The highest BCUT2D eigenvalue weighted by atomic mass is 19.1. The standard InChI is InChI=1S/C16H14F2N4O/c1-9-14(15(21-20-9)13-4-3-7-22(13)2)19-16(23)11-6-5-10(17)8-12(11)18/h3-8H,1-2H3,(H,19,23)(H,20,21). The van der Waals surface area contributed by atoms with Gasteiger partial charge in [0.15, 0.2) is 0 Å². The van der Waals surface area contributed by atoms with Gasteiger partial charge in [-0.05, 0) is 31.2 Å². The number of carbonyl (C=O) groups is 1. The second-order valence-electron chi connectivity index (χ2n) is 5.15. The van der Waals surface area contributed by atoms with Crippen molar-refractivity contribution in [1.82, 2.24) is 14.8 Å². The normalized spacial score (nSPS) is 10.8. The predicted octanol–water partition coefficient (Wildman–Crippen LogP) is 3.25. The van der Waals surface area contributed by atoms with Crippen LogP contribution in [0.5, 0.6) is 0 Å². The molecule has 5 nitrogen and oxygen atoms in total. The molecule has 0 saturated carbocycles. The number of hydrogen-bond donors (Lipinski definition) is 2. The van der Waals surface area contributed by atoms with Crippen molar-refractivity contribution in [3.63, 3.8) is 0 Å². The first-order valence-corrected chi connectivity index (χ1v) is 6.90. The summed E-state index contributed by atoms with van der Waals surface area (Å²) in [6.07, 6.45) is 1.85. The lowest BCUT2D eigenvalue weighted by atomic mass is 10.1. The molecule has 3 aromatic rings. The fourth-order valence-corrected chi connectivity index (χ4v) is 2.33. The zero-order valence-electron chi connectivity index (χ0n) is 12.5. The first kappa shape index (κ1) is 15.0. The fraction of sp³-hybridized carbons (Fsp3) is 0.125. The Labute approximate surface area is 130 Å². The summed E-state index contributed by atoms with van der Waals surface area (Å²) in [5.74, 6) is -2.31.